The van der Waals surface area contributed by atoms with E-state index in [9.17, 15) is 19.2 Å². The van der Waals surface area contributed by atoms with Gasteiger partial charge in [0, 0.05) is 36.7 Å². The number of allylic oxidation sites excluding steroid dienone is 4. The second-order valence-electron chi connectivity index (χ2n) is 3.29. The minimum absolute atomic E-state index is 0.558. The molecule has 0 saturated carbocycles. The minimum Gasteiger partial charge on any atom is -0.478 e. The fraction of sp³-hybridized carbons (Fsp3) is 0. The largest absolute Gasteiger partial charge is 0.478 e. The van der Waals surface area contributed by atoms with Gasteiger partial charge in [-0.05, 0) is 12.2 Å². The van der Waals surface area contributed by atoms with Gasteiger partial charge in [0.15, 0.2) is 0 Å². The van der Waals surface area contributed by atoms with Crippen molar-refractivity contribution < 1.29 is 39.6 Å². The lowest BCUT2D eigenvalue weighted by molar-refractivity contribution is -0.134. The number of carboxylic acid groups (broad SMARTS) is 4. The summed E-state index contributed by atoms with van der Waals surface area (Å²) in [7, 11) is 0. The molecule has 1 rings (SSSR count). The van der Waals surface area contributed by atoms with Crippen molar-refractivity contribution in [3.8, 4) is 0 Å². The number of carboxylic acids is 4. The van der Waals surface area contributed by atoms with Crippen molar-refractivity contribution in [3.05, 3.63) is 61.0 Å². The molecule has 0 spiro atoms. The van der Waals surface area contributed by atoms with Gasteiger partial charge in [0.05, 0.1) is 0 Å². The quantitative estimate of drug-likeness (QED) is 0.466. The van der Waals surface area contributed by atoms with Crippen LogP contribution in [-0.2, 0) is 19.2 Å². The number of rotatable bonds is 4. The van der Waals surface area contributed by atoms with Gasteiger partial charge >= 0.3 is 23.9 Å². The molecule has 23 heavy (non-hydrogen) atoms. The van der Waals surface area contributed by atoms with Crippen LogP contribution in [0.25, 0.3) is 0 Å². The first kappa shape index (κ1) is 21.7. The lowest BCUT2D eigenvalue weighted by atomic mass is 10.5. The van der Waals surface area contributed by atoms with Crippen LogP contribution in [0.1, 0.15) is 0 Å². The molecule has 0 fully saturated rings. The predicted octanol–water partition coefficient (Wildman–Crippen LogP) is 0.597. The molecule has 0 aromatic carbocycles. The number of carbonyl (C=O) groups is 4. The molecule has 0 aromatic heterocycles. The SMILES string of the molecule is C1=CC=CNC=C1.O=C(O)/C=C/C(=O)O.O=C(O)/C=C/C(=O)O. The Hall–Kier alpha value is -3.62. The van der Waals surface area contributed by atoms with Gasteiger partial charge in [-0.3, -0.25) is 0 Å². The van der Waals surface area contributed by atoms with Gasteiger partial charge < -0.3 is 25.7 Å². The van der Waals surface area contributed by atoms with Crippen LogP contribution in [0.15, 0.2) is 61.0 Å². The molecule has 9 heteroatoms. The zero-order valence-corrected chi connectivity index (χ0v) is 11.7. The topological polar surface area (TPSA) is 161 Å². The average molecular weight is 325 g/mol. The third kappa shape index (κ3) is 27.5. The Labute approximate surface area is 130 Å². The molecule has 124 valence electrons. The molecule has 1 aliphatic rings. The second-order valence-corrected chi connectivity index (χ2v) is 3.29. The second kappa shape index (κ2) is 14.8. The molecule has 5 N–H and O–H groups in total. The maximum atomic E-state index is 9.55. The molecule has 0 amide bonds. The number of hydrogen-bond donors (Lipinski definition) is 5. The van der Waals surface area contributed by atoms with Crippen molar-refractivity contribution in [2.24, 2.45) is 0 Å². The van der Waals surface area contributed by atoms with Crippen molar-refractivity contribution in [1.29, 1.82) is 0 Å². The fourth-order valence-corrected chi connectivity index (χ4v) is 0.691. The Morgan fingerprint density at radius 2 is 0.826 bits per heavy atom. The molecule has 0 atom stereocenters. The first-order valence-corrected chi connectivity index (χ1v) is 5.78. The highest BCUT2D eigenvalue weighted by Gasteiger charge is 1.88. The highest BCUT2D eigenvalue weighted by atomic mass is 16.4. The van der Waals surface area contributed by atoms with Gasteiger partial charge in [-0.15, -0.1) is 0 Å². The van der Waals surface area contributed by atoms with Gasteiger partial charge in [-0.25, -0.2) is 19.2 Å². The summed E-state index contributed by atoms with van der Waals surface area (Å²) in [6.07, 6.45) is 13.8. The monoisotopic (exact) mass is 325 g/mol. The summed E-state index contributed by atoms with van der Waals surface area (Å²) >= 11 is 0. The maximum Gasteiger partial charge on any atom is 0.328 e. The van der Waals surface area contributed by atoms with E-state index in [0.717, 1.165) is 0 Å². The highest BCUT2D eigenvalue weighted by molar-refractivity contribution is 5.90. The Kier molecular flexibility index (Phi) is 13.9. The Morgan fingerprint density at radius 1 is 0.565 bits per heavy atom. The van der Waals surface area contributed by atoms with E-state index >= 15 is 0 Å². The van der Waals surface area contributed by atoms with Crippen LogP contribution < -0.4 is 5.32 Å². The molecular weight excluding hydrogens is 310 g/mol. The standard InChI is InChI=1S/C6H7N.2C4H4O4/c1-2-4-6-7-5-3-1;2*5-3(6)1-2-4(7)8/h1-7H;2*1-2H,(H,5,6)(H,7,8)/b;2*2-1+. The van der Waals surface area contributed by atoms with E-state index in [1.54, 1.807) is 0 Å². The Bertz CT molecular complexity index is 475. The van der Waals surface area contributed by atoms with Crippen molar-refractivity contribution in [3.63, 3.8) is 0 Å². The predicted molar refractivity (Wildman–Crippen MR) is 79.4 cm³/mol. The van der Waals surface area contributed by atoms with Crippen LogP contribution >= 0.6 is 0 Å². The summed E-state index contributed by atoms with van der Waals surface area (Å²) in [6.45, 7) is 0. The highest BCUT2D eigenvalue weighted by Crippen LogP contribution is 1.81. The molecule has 0 aliphatic carbocycles. The molecule has 9 nitrogen and oxygen atoms in total. The molecule has 0 saturated heterocycles. The van der Waals surface area contributed by atoms with Gasteiger partial charge in [-0.1, -0.05) is 12.2 Å². The first-order chi connectivity index (χ1) is 10.8. The molecule has 0 unspecified atom stereocenters. The van der Waals surface area contributed by atoms with Crippen molar-refractivity contribution in [2.45, 2.75) is 0 Å². The molecule has 1 heterocycles. The van der Waals surface area contributed by atoms with E-state index in [4.69, 9.17) is 20.4 Å². The van der Waals surface area contributed by atoms with Crippen molar-refractivity contribution in [1.82, 2.24) is 5.32 Å². The zero-order chi connectivity index (χ0) is 18.1. The van der Waals surface area contributed by atoms with Crippen LogP contribution in [0, 0.1) is 0 Å². The Morgan fingerprint density at radius 3 is 1.04 bits per heavy atom. The van der Waals surface area contributed by atoms with Gasteiger partial charge in [0.25, 0.3) is 0 Å². The first-order valence-electron chi connectivity index (χ1n) is 5.78. The molecule has 0 bridgehead atoms. The molecular formula is C14H15NO8. The Balaban J connectivity index is 0. The van der Waals surface area contributed by atoms with Crippen molar-refractivity contribution in [2.75, 3.05) is 0 Å². The number of aliphatic carboxylic acids is 4. The van der Waals surface area contributed by atoms with Crippen LogP contribution in [0.3, 0.4) is 0 Å². The van der Waals surface area contributed by atoms with Crippen LogP contribution in [0.2, 0.25) is 0 Å². The summed E-state index contributed by atoms with van der Waals surface area (Å²) < 4.78 is 0. The summed E-state index contributed by atoms with van der Waals surface area (Å²) in [5.74, 6) is -5.03. The summed E-state index contributed by atoms with van der Waals surface area (Å²) in [6, 6.07) is 0. The molecule has 0 aromatic rings. The van der Waals surface area contributed by atoms with Crippen LogP contribution in [0.5, 0.6) is 0 Å². The van der Waals surface area contributed by atoms with Gasteiger partial charge in [0.2, 0.25) is 0 Å². The van der Waals surface area contributed by atoms with E-state index in [-0.39, 0.29) is 0 Å². The van der Waals surface area contributed by atoms with Crippen LogP contribution in [0.4, 0.5) is 0 Å². The normalized spacial score (nSPS) is 11.5. The van der Waals surface area contributed by atoms with Gasteiger partial charge in [-0.2, -0.15) is 0 Å². The summed E-state index contributed by atoms with van der Waals surface area (Å²) in [5, 5.41) is 34.2. The molecule has 1 aliphatic heterocycles. The van der Waals surface area contributed by atoms with E-state index in [1.807, 2.05) is 36.7 Å². The zero-order valence-electron chi connectivity index (χ0n) is 11.7. The third-order valence-electron chi connectivity index (χ3n) is 1.46. The number of nitrogens with one attached hydrogen (secondary N) is 1. The minimum atomic E-state index is -1.26. The fourth-order valence-electron chi connectivity index (χ4n) is 0.691. The lowest BCUT2D eigenvalue weighted by Gasteiger charge is -1.79. The lowest BCUT2D eigenvalue weighted by Crippen LogP contribution is -1.91. The van der Waals surface area contributed by atoms with E-state index in [0.29, 0.717) is 24.3 Å². The van der Waals surface area contributed by atoms with E-state index in [1.165, 1.54) is 0 Å². The van der Waals surface area contributed by atoms with Gasteiger partial charge in [0.1, 0.15) is 0 Å². The summed E-state index contributed by atoms with van der Waals surface area (Å²) in [5.41, 5.74) is 0. The van der Waals surface area contributed by atoms with E-state index in [2.05, 4.69) is 5.32 Å². The maximum absolute atomic E-state index is 9.55. The van der Waals surface area contributed by atoms with E-state index < -0.39 is 23.9 Å². The third-order valence-corrected chi connectivity index (χ3v) is 1.46. The number of hydrogen-bond acceptors (Lipinski definition) is 5. The molecule has 0 radical (unpaired) electrons. The summed E-state index contributed by atoms with van der Waals surface area (Å²) in [4.78, 5) is 38.2. The van der Waals surface area contributed by atoms with Crippen LogP contribution in [-0.4, -0.2) is 44.3 Å². The van der Waals surface area contributed by atoms with Crippen molar-refractivity contribution >= 4 is 23.9 Å². The smallest absolute Gasteiger partial charge is 0.328 e. The average Bonchev–Trinajstić information content (AvgIpc) is 2.77.